The van der Waals surface area contributed by atoms with Crippen molar-refractivity contribution in [2.24, 2.45) is 4.99 Å². The van der Waals surface area contributed by atoms with Crippen LogP contribution in [-0.2, 0) is 0 Å². The molecule has 0 bridgehead atoms. The Labute approximate surface area is 144 Å². The molecular weight excluding hydrogens is 381 g/mol. The molecule has 1 N–H and O–H groups in total. The number of halogens is 1. The number of nitrogens with one attached hydrogen (secondary N) is 1. The maximum atomic E-state index is 4.33. The molecule has 0 radical (unpaired) electrons. The van der Waals surface area contributed by atoms with Crippen LogP contribution in [0.1, 0.15) is 30.6 Å². The van der Waals surface area contributed by atoms with Crippen LogP contribution < -0.4 is 5.32 Å². The summed E-state index contributed by atoms with van der Waals surface area (Å²) in [6, 6.07) is 4.29. The number of hydrogen-bond acceptors (Lipinski definition) is 2. The molecule has 5 heteroatoms. The van der Waals surface area contributed by atoms with Gasteiger partial charge in [0.05, 0.1) is 0 Å². The minimum atomic E-state index is 0. The number of guanidine groups is 1. The summed E-state index contributed by atoms with van der Waals surface area (Å²) in [7, 11) is 3.91. The lowest BCUT2D eigenvalue weighted by Crippen LogP contribution is -2.40. The molecule has 0 amide bonds. The molecule has 0 aliphatic heterocycles. The van der Waals surface area contributed by atoms with Crippen molar-refractivity contribution < 1.29 is 0 Å². The van der Waals surface area contributed by atoms with Crippen LogP contribution in [0, 0.1) is 0 Å². The average Bonchev–Trinajstić information content (AvgIpc) is 2.93. The molecule has 0 saturated heterocycles. The first-order chi connectivity index (χ1) is 9.19. The van der Waals surface area contributed by atoms with Crippen molar-refractivity contribution in [1.29, 1.82) is 0 Å². The molecule has 114 valence electrons. The van der Waals surface area contributed by atoms with Crippen LogP contribution in [0.5, 0.6) is 0 Å². The van der Waals surface area contributed by atoms with Gasteiger partial charge in [-0.25, -0.2) is 0 Å². The van der Waals surface area contributed by atoms with Crippen molar-refractivity contribution in [1.82, 2.24) is 10.2 Å². The third-order valence-corrected chi connectivity index (χ3v) is 4.17. The van der Waals surface area contributed by atoms with Crippen LogP contribution in [0.4, 0.5) is 0 Å². The van der Waals surface area contributed by atoms with E-state index in [4.69, 9.17) is 0 Å². The zero-order chi connectivity index (χ0) is 14.1. The highest BCUT2D eigenvalue weighted by molar-refractivity contribution is 14.0. The molecule has 0 fully saturated rings. The molecule has 0 spiro atoms. The lowest BCUT2D eigenvalue weighted by atomic mass is 10.1. The van der Waals surface area contributed by atoms with Gasteiger partial charge in [-0.05, 0) is 24.3 Å². The zero-order valence-electron chi connectivity index (χ0n) is 12.6. The summed E-state index contributed by atoms with van der Waals surface area (Å²) in [5.41, 5.74) is 0. The van der Waals surface area contributed by atoms with Crippen molar-refractivity contribution in [3.63, 3.8) is 0 Å². The van der Waals surface area contributed by atoms with Crippen molar-refractivity contribution >= 4 is 41.3 Å². The predicted octanol–water partition coefficient (Wildman–Crippen LogP) is 3.94. The third kappa shape index (κ3) is 6.74. The van der Waals surface area contributed by atoms with E-state index in [0.717, 1.165) is 31.9 Å². The Morgan fingerprint density at radius 3 is 2.90 bits per heavy atom. The quantitative estimate of drug-likeness (QED) is 0.244. The summed E-state index contributed by atoms with van der Waals surface area (Å²) >= 11 is 1.81. The van der Waals surface area contributed by atoms with Gasteiger partial charge in [0, 0.05) is 38.0 Å². The molecule has 1 rings (SSSR count). The number of rotatable bonds is 7. The minimum absolute atomic E-state index is 0. The van der Waals surface area contributed by atoms with Crippen molar-refractivity contribution in [2.75, 3.05) is 27.2 Å². The Balaban J connectivity index is 0.00000361. The fourth-order valence-corrected chi connectivity index (χ4v) is 2.67. The van der Waals surface area contributed by atoms with Crippen LogP contribution in [0.15, 0.2) is 35.2 Å². The summed E-state index contributed by atoms with van der Waals surface area (Å²) in [5.74, 6) is 1.48. The van der Waals surface area contributed by atoms with Crippen LogP contribution >= 0.6 is 35.3 Å². The van der Waals surface area contributed by atoms with E-state index in [0.29, 0.717) is 5.92 Å². The third-order valence-electron chi connectivity index (χ3n) is 3.07. The molecule has 0 saturated carbocycles. The lowest BCUT2D eigenvalue weighted by Gasteiger charge is -2.23. The number of thiophene rings is 1. The Morgan fingerprint density at radius 1 is 1.60 bits per heavy atom. The van der Waals surface area contributed by atoms with Gasteiger partial charge in [0.1, 0.15) is 0 Å². The summed E-state index contributed by atoms with van der Waals surface area (Å²) in [6.45, 7) is 7.90. The summed E-state index contributed by atoms with van der Waals surface area (Å²) in [6.07, 6.45) is 4.12. The van der Waals surface area contributed by atoms with Crippen LogP contribution in [0.2, 0.25) is 0 Å². The second-order valence-electron chi connectivity index (χ2n) is 4.70. The van der Waals surface area contributed by atoms with Crippen LogP contribution in [0.3, 0.4) is 0 Å². The van der Waals surface area contributed by atoms with E-state index in [1.807, 2.05) is 24.5 Å². The molecule has 0 aliphatic carbocycles. The number of aliphatic imine (C=N–C) groups is 1. The summed E-state index contributed by atoms with van der Waals surface area (Å²) in [4.78, 5) is 7.91. The molecule has 1 aromatic heterocycles. The topological polar surface area (TPSA) is 27.6 Å². The standard InChI is InChI=1S/C15H25N3S.HI/c1-5-6-7-10-18(4)15(16-3)17-12-13(2)14-9-8-11-19-14;/h5,8-9,11,13H,1,6-7,10,12H2,2-4H3,(H,16,17);1H. The molecule has 3 nitrogen and oxygen atoms in total. The lowest BCUT2D eigenvalue weighted by molar-refractivity contribution is 0.467. The Hall–Kier alpha value is -0.560. The second-order valence-corrected chi connectivity index (χ2v) is 5.68. The largest absolute Gasteiger partial charge is 0.356 e. The summed E-state index contributed by atoms with van der Waals surface area (Å²) < 4.78 is 0. The van der Waals surface area contributed by atoms with Gasteiger partial charge < -0.3 is 10.2 Å². The van der Waals surface area contributed by atoms with Gasteiger partial charge >= 0.3 is 0 Å². The molecule has 20 heavy (non-hydrogen) atoms. The fraction of sp³-hybridized carbons (Fsp3) is 0.533. The van der Waals surface area contributed by atoms with Gasteiger partial charge in [0.2, 0.25) is 0 Å². The van der Waals surface area contributed by atoms with E-state index in [1.165, 1.54) is 4.88 Å². The Morgan fingerprint density at radius 2 is 2.35 bits per heavy atom. The normalized spacial score (nSPS) is 12.4. The van der Waals surface area contributed by atoms with Crippen molar-refractivity contribution in [3.8, 4) is 0 Å². The summed E-state index contributed by atoms with van der Waals surface area (Å²) in [5, 5.41) is 5.57. The van der Waals surface area contributed by atoms with Gasteiger partial charge in [-0.15, -0.1) is 41.9 Å². The highest BCUT2D eigenvalue weighted by Crippen LogP contribution is 2.19. The van der Waals surface area contributed by atoms with E-state index < -0.39 is 0 Å². The molecule has 0 aromatic carbocycles. The molecule has 1 atom stereocenters. The van der Waals surface area contributed by atoms with Gasteiger partial charge in [-0.1, -0.05) is 19.1 Å². The Kier molecular flexibility index (Phi) is 10.8. The molecular formula is C15H26IN3S. The smallest absolute Gasteiger partial charge is 0.193 e. The maximum Gasteiger partial charge on any atom is 0.193 e. The van der Waals surface area contributed by atoms with Gasteiger partial charge in [0.15, 0.2) is 5.96 Å². The van der Waals surface area contributed by atoms with Crippen molar-refractivity contribution in [3.05, 3.63) is 35.0 Å². The molecule has 1 unspecified atom stereocenters. The van der Waals surface area contributed by atoms with E-state index >= 15 is 0 Å². The first-order valence-electron chi connectivity index (χ1n) is 6.75. The van der Waals surface area contributed by atoms with Gasteiger partial charge in [-0.3, -0.25) is 4.99 Å². The fourth-order valence-electron chi connectivity index (χ4n) is 1.88. The molecule has 1 heterocycles. The van der Waals surface area contributed by atoms with Crippen molar-refractivity contribution in [2.45, 2.75) is 25.7 Å². The minimum Gasteiger partial charge on any atom is -0.356 e. The molecule has 1 aromatic rings. The highest BCUT2D eigenvalue weighted by Gasteiger charge is 2.09. The SMILES string of the molecule is C=CCCCN(C)C(=NC)NCC(C)c1cccs1.I. The van der Waals surface area contributed by atoms with E-state index in [2.05, 4.69) is 53.3 Å². The van der Waals surface area contributed by atoms with Crippen LogP contribution in [-0.4, -0.2) is 38.0 Å². The predicted molar refractivity (Wildman–Crippen MR) is 102 cm³/mol. The monoisotopic (exact) mass is 407 g/mol. The van der Waals surface area contributed by atoms with Gasteiger partial charge in [0.25, 0.3) is 0 Å². The number of hydrogen-bond donors (Lipinski definition) is 1. The number of unbranched alkanes of at least 4 members (excludes halogenated alkanes) is 1. The number of nitrogens with zero attached hydrogens (tertiary/aromatic N) is 2. The van der Waals surface area contributed by atoms with Gasteiger partial charge in [-0.2, -0.15) is 0 Å². The van der Waals surface area contributed by atoms with E-state index in [9.17, 15) is 0 Å². The number of allylic oxidation sites excluding steroid dienone is 1. The second kappa shape index (κ2) is 11.1. The highest BCUT2D eigenvalue weighted by atomic mass is 127. The molecule has 0 aliphatic rings. The maximum absolute atomic E-state index is 4.33. The first kappa shape index (κ1) is 19.4. The van der Waals surface area contributed by atoms with E-state index in [-0.39, 0.29) is 24.0 Å². The van der Waals surface area contributed by atoms with E-state index in [1.54, 1.807) is 0 Å². The zero-order valence-corrected chi connectivity index (χ0v) is 15.8. The van der Waals surface area contributed by atoms with Crippen LogP contribution in [0.25, 0.3) is 0 Å². The first-order valence-corrected chi connectivity index (χ1v) is 7.63. The Bertz CT molecular complexity index is 390. The average molecular weight is 407 g/mol.